The Hall–Kier alpha value is -0.610. The van der Waals surface area contributed by atoms with E-state index in [2.05, 4.69) is 26.1 Å². The molecule has 1 aliphatic carbocycles. The molecule has 1 heterocycles. The third-order valence-electron chi connectivity index (χ3n) is 5.69. The van der Waals surface area contributed by atoms with E-state index in [1.807, 2.05) is 13.8 Å². The zero-order valence-corrected chi connectivity index (χ0v) is 12.8. The van der Waals surface area contributed by atoms with Gasteiger partial charge in [0.05, 0.1) is 6.10 Å². The second kappa shape index (κ2) is 4.74. The van der Waals surface area contributed by atoms with Crippen molar-refractivity contribution in [2.45, 2.75) is 65.1 Å². The minimum Gasteiger partial charge on any atom is -0.377 e. The molecule has 19 heavy (non-hydrogen) atoms. The summed E-state index contributed by atoms with van der Waals surface area (Å²) < 4.78 is 5.73. The summed E-state index contributed by atoms with van der Waals surface area (Å²) in [6.45, 7) is 11.2. The van der Waals surface area contributed by atoms with Gasteiger partial charge in [-0.25, -0.2) is 0 Å². The topological polar surface area (TPSA) is 64.4 Å². The minimum absolute atomic E-state index is 0.00273. The third-order valence-corrected chi connectivity index (χ3v) is 5.69. The van der Waals surface area contributed by atoms with Crippen LogP contribution in [0.2, 0.25) is 0 Å². The lowest BCUT2D eigenvalue weighted by Crippen LogP contribution is -2.80. The molecule has 0 radical (unpaired) electrons. The molecule has 1 aliphatic heterocycles. The minimum atomic E-state index is -0.782. The van der Waals surface area contributed by atoms with E-state index in [1.54, 1.807) is 0 Å². The molecule has 1 amide bonds. The summed E-state index contributed by atoms with van der Waals surface area (Å²) in [5, 5.41) is 3.12. The van der Waals surface area contributed by atoms with Gasteiger partial charge in [0.25, 0.3) is 0 Å². The Labute approximate surface area is 116 Å². The zero-order valence-electron chi connectivity index (χ0n) is 12.8. The number of hydrogen-bond acceptors (Lipinski definition) is 3. The Morgan fingerprint density at radius 1 is 1.47 bits per heavy atom. The smallest absolute Gasteiger partial charge is 0.241 e. The Bertz CT molecular complexity index is 369. The van der Waals surface area contributed by atoms with E-state index >= 15 is 0 Å². The molecule has 0 aromatic rings. The highest BCUT2D eigenvalue weighted by atomic mass is 16.5. The van der Waals surface area contributed by atoms with Gasteiger partial charge < -0.3 is 15.8 Å². The molecule has 1 saturated heterocycles. The Morgan fingerprint density at radius 3 is 2.68 bits per heavy atom. The molecule has 0 bridgehead atoms. The number of carbonyl (C=O) groups excluding carboxylic acids is 1. The van der Waals surface area contributed by atoms with Crippen molar-refractivity contribution < 1.29 is 9.53 Å². The molecule has 2 aliphatic rings. The van der Waals surface area contributed by atoms with Crippen LogP contribution in [0, 0.1) is 17.3 Å². The maximum atomic E-state index is 12.6. The predicted molar refractivity (Wildman–Crippen MR) is 75.6 cm³/mol. The summed E-state index contributed by atoms with van der Waals surface area (Å²) in [7, 11) is 0. The van der Waals surface area contributed by atoms with E-state index in [-0.39, 0.29) is 29.4 Å². The van der Waals surface area contributed by atoms with Crippen LogP contribution >= 0.6 is 0 Å². The van der Waals surface area contributed by atoms with Crippen molar-refractivity contribution in [3.63, 3.8) is 0 Å². The van der Waals surface area contributed by atoms with E-state index < -0.39 is 5.54 Å². The molecule has 2 fully saturated rings. The number of fused-ring (bicyclic) bond motifs is 1. The van der Waals surface area contributed by atoms with Gasteiger partial charge in [-0.2, -0.15) is 0 Å². The van der Waals surface area contributed by atoms with Crippen LogP contribution in [0.3, 0.4) is 0 Å². The van der Waals surface area contributed by atoms with Gasteiger partial charge in [-0.05, 0) is 19.3 Å². The van der Waals surface area contributed by atoms with Gasteiger partial charge in [-0.3, -0.25) is 4.79 Å². The van der Waals surface area contributed by atoms with Crippen LogP contribution in [0.15, 0.2) is 0 Å². The van der Waals surface area contributed by atoms with Gasteiger partial charge >= 0.3 is 0 Å². The molecule has 0 aromatic heterocycles. The largest absolute Gasteiger partial charge is 0.377 e. The first-order valence-electron chi connectivity index (χ1n) is 7.48. The van der Waals surface area contributed by atoms with Gasteiger partial charge in [0, 0.05) is 24.0 Å². The lowest BCUT2D eigenvalue weighted by Gasteiger charge is -2.60. The fourth-order valence-corrected chi connectivity index (χ4v) is 3.67. The highest BCUT2D eigenvalue weighted by Crippen LogP contribution is 2.58. The Balaban J connectivity index is 2.10. The summed E-state index contributed by atoms with van der Waals surface area (Å²) in [6, 6.07) is 0.162. The molecule has 110 valence electrons. The van der Waals surface area contributed by atoms with E-state index in [0.29, 0.717) is 5.92 Å². The van der Waals surface area contributed by atoms with E-state index in [0.717, 1.165) is 19.4 Å². The summed E-state index contributed by atoms with van der Waals surface area (Å²) >= 11 is 0. The molecular weight excluding hydrogens is 240 g/mol. The molecule has 5 unspecified atom stereocenters. The average Bonchev–Trinajstić information content (AvgIpc) is 2.84. The van der Waals surface area contributed by atoms with Crippen LogP contribution in [0.4, 0.5) is 0 Å². The number of nitrogens with one attached hydrogen (secondary N) is 1. The fraction of sp³-hybridized carbons (Fsp3) is 0.933. The lowest BCUT2D eigenvalue weighted by atomic mass is 9.48. The van der Waals surface area contributed by atoms with Gasteiger partial charge in [0.1, 0.15) is 5.54 Å². The lowest BCUT2D eigenvalue weighted by molar-refractivity contribution is -0.176. The Morgan fingerprint density at radius 2 is 2.11 bits per heavy atom. The molecule has 4 nitrogen and oxygen atoms in total. The number of amides is 1. The zero-order chi connectivity index (χ0) is 14.4. The van der Waals surface area contributed by atoms with Gasteiger partial charge in [-0.15, -0.1) is 0 Å². The highest BCUT2D eigenvalue weighted by molar-refractivity contribution is 5.89. The van der Waals surface area contributed by atoms with Crippen molar-refractivity contribution in [1.29, 1.82) is 0 Å². The first-order chi connectivity index (χ1) is 8.76. The number of carbonyl (C=O) groups is 1. The quantitative estimate of drug-likeness (QED) is 0.815. The second-order valence-corrected chi connectivity index (χ2v) is 6.92. The maximum absolute atomic E-state index is 12.6. The van der Waals surface area contributed by atoms with Crippen molar-refractivity contribution >= 4 is 5.91 Å². The molecule has 1 saturated carbocycles. The van der Waals surface area contributed by atoms with Crippen LogP contribution in [0.1, 0.15) is 47.5 Å². The molecule has 4 heteroatoms. The SMILES string of the molecule is CCC(C)C(C)NC(=O)C1(N)C2CCOC2C1(C)C. The Kier molecular flexibility index (Phi) is 3.69. The molecule has 5 atom stereocenters. The summed E-state index contributed by atoms with van der Waals surface area (Å²) in [6.07, 6.45) is 2.09. The van der Waals surface area contributed by atoms with Crippen molar-refractivity contribution in [2.75, 3.05) is 6.61 Å². The van der Waals surface area contributed by atoms with Crippen LogP contribution in [0.5, 0.6) is 0 Å². The standard InChI is InChI=1S/C15H28N2O2/c1-6-9(2)10(3)17-13(18)15(16)11-7-8-19-12(11)14(15,4)5/h9-12H,6-8,16H2,1-5H3,(H,17,18). The first-order valence-corrected chi connectivity index (χ1v) is 7.48. The monoisotopic (exact) mass is 268 g/mol. The van der Waals surface area contributed by atoms with E-state index in [1.165, 1.54) is 0 Å². The third kappa shape index (κ3) is 1.91. The van der Waals surface area contributed by atoms with E-state index in [4.69, 9.17) is 10.5 Å². The van der Waals surface area contributed by atoms with Crippen molar-refractivity contribution in [1.82, 2.24) is 5.32 Å². The first kappa shape index (κ1) is 14.8. The normalized spacial score (nSPS) is 39.1. The highest BCUT2D eigenvalue weighted by Gasteiger charge is 2.71. The van der Waals surface area contributed by atoms with Crippen molar-refractivity contribution in [3.05, 3.63) is 0 Å². The van der Waals surface area contributed by atoms with Crippen LogP contribution < -0.4 is 11.1 Å². The fourth-order valence-electron chi connectivity index (χ4n) is 3.67. The molecule has 0 spiro atoms. The van der Waals surface area contributed by atoms with Gasteiger partial charge in [0.15, 0.2) is 0 Å². The average molecular weight is 268 g/mol. The predicted octanol–water partition coefficient (Wildman–Crippen LogP) is 1.68. The molecule has 0 aromatic carbocycles. The molecular formula is C15H28N2O2. The van der Waals surface area contributed by atoms with Crippen LogP contribution in [-0.4, -0.2) is 30.2 Å². The van der Waals surface area contributed by atoms with Crippen molar-refractivity contribution in [2.24, 2.45) is 23.0 Å². The van der Waals surface area contributed by atoms with E-state index in [9.17, 15) is 4.79 Å². The summed E-state index contributed by atoms with van der Waals surface area (Å²) in [4.78, 5) is 12.6. The van der Waals surface area contributed by atoms with Crippen LogP contribution in [0.25, 0.3) is 0 Å². The molecule has 2 rings (SSSR count). The maximum Gasteiger partial charge on any atom is 0.241 e. The van der Waals surface area contributed by atoms with Crippen LogP contribution in [-0.2, 0) is 9.53 Å². The van der Waals surface area contributed by atoms with Gasteiger partial charge in [0.2, 0.25) is 5.91 Å². The number of ether oxygens (including phenoxy) is 1. The molecule has 3 N–H and O–H groups in total. The number of hydrogen-bond donors (Lipinski definition) is 2. The summed E-state index contributed by atoms with van der Waals surface area (Å²) in [5.74, 6) is 0.634. The van der Waals surface area contributed by atoms with Crippen molar-refractivity contribution in [3.8, 4) is 0 Å². The number of nitrogens with two attached hydrogens (primary N) is 1. The van der Waals surface area contributed by atoms with Gasteiger partial charge in [-0.1, -0.05) is 34.1 Å². The number of rotatable bonds is 4. The second-order valence-electron chi connectivity index (χ2n) is 6.92. The summed E-state index contributed by atoms with van der Waals surface area (Å²) in [5.41, 5.74) is 5.44.